The smallest absolute Gasteiger partial charge is 0.261 e. The minimum atomic E-state index is -4.04. The van der Waals surface area contributed by atoms with Gasteiger partial charge in [0.05, 0.1) is 4.90 Å². The van der Waals surface area contributed by atoms with Crippen molar-refractivity contribution >= 4 is 38.9 Å². The third-order valence-electron chi connectivity index (χ3n) is 4.92. The number of aryl methyl sites for hydroxylation is 2. The van der Waals surface area contributed by atoms with Gasteiger partial charge in [-0.25, -0.2) is 12.8 Å². The molecule has 3 rings (SSSR count). The summed E-state index contributed by atoms with van der Waals surface area (Å²) in [4.78, 5) is 24.2. The Bertz CT molecular complexity index is 1320. The summed E-state index contributed by atoms with van der Waals surface area (Å²) in [6, 6.07) is 14.7. The van der Waals surface area contributed by atoms with Crippen LogP contribution < -0.4 is 15.4 Å². The number of anilines is 3. The molecule has 0 saturated carbocycles. The number of hydrogen-bond donors (Lipinski definition) is 3. The van der Waals surface area contributed by atoms with Gasteiger partial charge in [-0.3, -0.25) is 14.3 Å². The zero-order valence-electron chi connectivity index (χ0n) is 18.4. The molecule has 7 nitrogen and oxygen atoms in total. The van der Waals surface area contributed by atoms with Crippen LogP contribution in [0.15, 0.2) is 65.6 Å². The van der Waals surface area contributed by atoms with Crippen LogP contribution in [0, 0.1) is 19.7 Å². The first-order valence-electron chi connectivity index (χ1n) is 10.2. The van der Waals surface area contributed by atoms with Gasteiger partial charge in [-0.2, -0.15) is 0 Å². The van der Waals surface area contributed by atoms with Crippen molar-refractivity contribution in [3.63, 3.8) is 0 Å². The molecule has 0 aliphatic heterocycles. The van der Waals surface area contributed by atoms with E-state index in [9.17, 15) is 22.4 Å². The zero-order chi connectivity index (χ0) is 24.2. The highest BCUT2D eigenvalue weighted by Gasteiger charge is 2.17. The largest absolute Gasteiger partial charge is 0.326 e. The second-order valence-electron chi connectivity index (χ2n) is 7.48. The Kier molecular flexibility index (Phi) is 7.13. The SMILES string of the molecule is CCC(=O)Nc1ccc(C)c(NC(=O)c2cccc(NS(=O)(=O)c3ccc(C)c(F)c3)c2)c1. The molecule has 0 fully saturated rings. The fourth-order valence-corrected chi connectivity index (χ4v) is 4.02. The summed E-state index contributed by atoms with van der Waals surface area (Å²) in [5.74, 6) is -1.23. The van der Waals surface area contributed by atoms with Gasteiger partial charge in [-0.15, -0.1) is 0 Å². The van der Waals surface area contributed by atoms with Crippen molar-refractivity contribution in [1.82, 2.24) is 0 Å². The molecule has 172 valence electrons. The lowest BCUT2D eigenvalue weighted by Gasteiger charge is -2.13. The van der Waals surface area contributed by atoms with Crippen molar-refractivity contribution in [2.75, 3.05) is 15.4 Å². The van der Waals surface area contributed by atoms with Crippen LogP contribution in [0.2, 0.25) is 0 Å². The summed E-state index contributed by atoms with van der Waals surface area (Å²) in [6.45, 7) is 5.09. The quantitative estimate of drug-likeness (QED) is 0.460. The Morgan fingerprint density at radius 3 is 2.30 bits per heavy atom. The van der Waals surface area contributed by atoms with E-state index in [0.29, 0.717) is 23.4 Å². The van der Waals surface area contributed by atoms with E-state index in [-0.39, 0.29) is 22.1 Å². The van der Waals surface area contributed by atoms with E-state index in [2.05, 4.69) is 15.4 Å². The number of halogens is 1. The zero-order valence-corrected chi connectivity index (χ0v) is 19.2. The molecule has 0 heterocycles. The molecule has 0 unspecified atom stereocenters. The van der Waals surface area contributed by atoms with E-state index < -0.39 is 21.7 Å². The maximum absolute atomic E-state index is 13.8. The molecular weight excluding hydrogens is 445 g/mol. The Labute approximate surface area is 192 Å². The minimum absolute atomic E-state index is 0.149. The molecule has 0 aromatic heterocycles. The topological polar surface area (TPSA) is 104 Å². The Balaban J connectivity index is 1.79. The van der Waals surface area contributed by atoms with E-state index >= 15 is 0 Å². The van der Waals surface area contributed by atoms with Gasteiger partial charge in [-0.1, -0.05) is 25.1 Å². The first-order chi connectivity index (χ1) is 15.6. The Morgan fingerprint density at radius 1 is 0.879 bits per heavy atom. The van der Waals surface area contributed by atoms with E-state index in [1.165, 1.54) is 43.3 Å². The van der Waals surface area contributed by atoms with Crippen LogP contribution in [0.25, 0.3) is 0 Å². The average molecular weight is 470 g/mol. The van der Waals surface area contributed by atoms with E-state index in [1.807, 2.05) is 6.92 Å². The number of carbonyl (C=O) groups is 2. The lowest BCUT2D eigenvalue weighted by atomic mass is 10.1. The number of benzene rings is 3. The molecular formula is C24H24FN3O4S. The highest BCUT2D eigenvalue weighted by atomic mass is 32.2. The van der Waals surface area contributed by atoms with Gasteiger partial charge in [-0.05, 0) is 67.4 Å². The molecule has 33 heavy (non-hydrogen) atoms. The molecule has 3 aromatic rings. The maximum Gasteiger partial charge on any atom is 0.261 e. The molecule has 0 saturated heterocycles. The number of hydrogen-bond acceptors (Lipinski definition) is 4. The van der Waals surface area contributed by atoms with Crippen LogP contribution in [-0.4, -0.2) is 20.2 Å². The minimum Gasteiger partial charge on any atom is -0.326 e. The van der Waals surface area contributed by atoms with Gasteiger partial charge < -0.3 is 10.6 Å². The highest BCUT2D eigenvalue weighted by Crippen LogP contribution is 2.23. The van der Waals surface area contributed by atoms with Crippen molar-refractivity contribution in [3.8, 4) is 0 Å². The van der Waals surface area contributed by atoms with Crippen LogP contribution in [0.4, 0.5) is 21.5 Å². The van der Waals surface area contributed by atoms with Crippen LogP contribution in [-0.2, 0) is 14.8 Å². The van der Waals surface area contributed by atoms with Crippen LogP contribution in [0.5, 0.6) is 0 Å². The fraction of sp³-hybridized carbons (Fsp3) is 0.167. The van der Waals surface area contributed by atoms with Crippen molar-refractivity contribution in [2.24, 2.45) is 0 Å². The van der Waals surface area contributed by atoms with Crippen molar-refractivity contribution in [3.05, 3.63) is 83.2 Å². The van der Waals surface area contributed by atoms with Gasteiger partial charge in [0.15, 0.2) is 0 Å². The number of nitrogens with one attached hydrogen (secondary N) is 3. The first-order valence-corrected chi connectivity index (χ1v) is 11.7. The number of rotatable bonds is 7. The van der Waals surface area contributed by atoms with Crippen LogP contribution >= 0.6 is 0 Å². The van der Waals surface area contributed by atoms with Crippen molar-refractivity contribution < 1.29 is 22.4 Å². The summed E-state index contributed by atoms with van der Waals surface area (Å²) in [6.07, 6.45) is 0.327. The van der Waals surface area contributed by atoms with Gasteiger partial charge >= 0.3 is 0 Å². The van der Waals surface area contributed by atoms with E-state index in [0.717, 1.165) is 11.6 Å². The predicted molar refractivity (Wildman–Crippen MR) is 126 cm³/mol. The van der Waals surface area contributed by atoms with Crippen LogP contribution in [0.3, 0.4) is 0 Å². The molecule has 2 amide bonds. The molecule has 0 aliphatic rings. The van der Waals surface area contributed by atoms with Gasteiger partial charge in [0, 0.05) is 29.0 Å². The number of sulfonamides is 1. The monoisotopic (exact) mass is 469 g/mol. The molecule has 0 spiro atoms. The third kappa shape index (κ3) is 5.95. The molecule has 0 bridgehead atoms. The standard InChI is InChI=1S/C24H24FN3O4S/c1-4-23(29)26-18-10-8-16(3)22(13-18)27-24(30)17-6-5-7-19(12-17)28-33(31,32)20-11-9-15(2)21(25)14-20/h5-14,28H,4H2,1-3H3,(H,26,29)(H,27,30). The lowest BCUT2D eigenvalue weighted by molar-refractivity contribution is -0.115. The molecule has 3 aromatic carbocycles. The van der Waals surface area contributed by atoms with E-state index in [1.54, 1.807) is 25.1 Å². The summed E-state index contributed by atoms with van der Waals surface area (Å²) < 4.78 is 41.4. The molecule has 0 radical (unpaired) electrons. The second-order valence-corrected chi connectivity index (χ2v) is 9.17. The second kappa shape index (κ2) is 9.83. The fourth-order valence-electron chi connectivity index (χ4n) is 2.96. The highest BCUT2D eigenvalue weighted by molar-refractivity contribution is 7.92. The molecule has 0 atom stereocenters. The van der Waals surface area contributed by atoms with Gasteiger partial charge in [0.2, 0.25) is 5.91 Å². The van der Waals surface area contributed by atoms with Gasteiger partial charge in [0.25, 0.3) is 15.9 Å². The summed E-state index contributed by atoms with van der Waals surface area (Å²) in [7, 11) is -4.04. The van der Waals surface area contributed by atoms with Crippen molar-refractivity contribution in [1.29, 1.82) is 0 Å². The normalized spacial score (nSPS) is 11.0. The summed E-state index contributed by atoms with van der Waals surface area (Å²) >= 11 is 0. The summed E-state index contributed by atoms with van der Waals surface area (Å²) in [5.41, 5.74) is 2.55. The number of amides is 2. The van der Waals surface area contributed by atoms with Gasteiger partial charge in [0.1, 0.15) is 5.82 Å². The molecule has 9 heteroatoms. The van der Waals surface area contributed by atoms with Crippen molar-refractivity contribution in [2.45, 2.75) is 32.1 Å². The Hall–Kier alpha value is -3.72. The lowest BCUT2D eigenvalue weighted by Crippen LogP contribution is -2.16. The average Bonchev–Trinajstić information content (AvgIpc) is 2.77. The third-order valence-corrected chi connectivity index (χ3v) is 6.30. The predicted octanol–water partition coefficient (Wildman–Crippen LogP) is 4.84. The number of carbonyl (C=O) groups excluding carboxylic acids is 2. The molecule has 3 N–H and O–H groups in total. The first kappa shape index (κ1) is 23.9. The summed E-state index contributed by atoms with van der Waals surface area (Å²) in [5, 5.41) is 5.51. The Morgan fingerprint density at radius 2 is 1.61 bits per heavy atom. The maximum atomic E-state index is 13.8. The molecule has 0 aliphatic carbocycles. The van der Waals surface area contributed by atoms with Crippen LogP contribution in [0.1, 0.15) is 34.8 Å². The van der Waals surface area contributed by atoms with E-state index in [4.69, 9.17) is 0 Å².